The Bertz CT molecular complexity index is 1130. The van der Waals surface area contributed by atoms with Crippen molar-refractivity contribution in [2.24, 2.45) is 0 Å². The Morgan fingerprint density at radius 2 is 1.83 bits per heavy atom. The summed E-state index contributed by atoms with van der Waals surface area (Å²) in [5.41, 5.74) is 4.44. The number of fused-ring (bicyclic) bond motifs is 2. The zero-order valence-corrected chi connectivity index (χ0v) is 17.7. The summed E-state index contributed by atoms with van der Waals surface area (Å²) in [6.07, 6.45) is 5.89. The van der Waals surface area contributed by atoms with Crippen molar-refractivity contribution < 1.29 is 0 Å². The van der Waals surface area contributed by atoms with E-state index < -0.39 is 0 Å². The topological polar surface area (TPSA) is 84.4 Å². The molecule has 1 aliphatic carbocycles. The molecule has 1 saturated heterocycles. The highest BCUT2D eigenvalue weighted by Crippen LogP contribution is 2.23. The SMILES string of the molecule is Cc1nc2ncnn2c(N2CCN(CCn3nc4c(cc3=O)CCCC4)CC2)c1C. The zero-order valence-electron chi connectivity index (χ0n) is 17.7. The van der Waals surface area contributed by atoms with Gasteiger partial charge in [0.2, 0.25) is 0 Å². The lowest BCUT2D eigenvalue weighted by atomic mass is 9.97. The van der Waals surface area contributed by atoms with Crippen LogP contribution in [-0.2, 0) is 19.4 Å². The van der Waals surface area contributed by atoms with Crippen LogP contribution in [0.1, 0.15) is 35.4 Å². The van der Waals surface area contributed by atoms with Crippen molar-refractivity contribution in [3.05, 3.63) is 45.3 Å². The first kappa shape index (κ1) is 19.2. The normalized spacial score (nSPS) is 17.5. The van der Waals surface area contributed by atoms with E-state index >= 15 is 0 Å². The molecule has 1 aliphatic heterocycles. The van der Waals surface area contributed by atoms with Crippen molar-refractivity contribution in [3.63, 3.8) is 0 Å². The Labute approximate surface area is 175 Å². The number of hydrogen-bond acceptors (Lipinski definition) is 7. The molecule has 1 fully saturated rings. The quantitative estimate of drug-likeness (QED) is 0.637. The van der Waals surface area contributed by atoms with Gasteiger partial charge in [0, 0.05) is 50.0 Å². The standard InChI is InChI=1S/C21H28N8O/c1-15-16(2)24-21-22-14-23-29(21)20(15)27-10-7-26(8-11-27)9-12-28-19(30)13-17-5-3-4-6-18(17)25-28/h13-14H,3-12H2,1-2H3. The van der Waals surface area contributed by atoms with Gasteiger partial charge in [-0.3, -0.25) is 9.69 Å². The minimum atomic E-state index is 0.0331. The number of hydrogen-bond donors (Lipinski definition) is 0. The van der Waals surface area contributed by atoms with Crippen LogP contribution in [0.25, 0.3) is 5.78 Å². The Morgan fingerprint density at radius 3 is 2.67 bits per heavy atom. The lowest BCUT2D eigenvalue weighted by Crippen LogP contribution is -2.48. The van der Waals surface area contributed by atoms with Crippen LogP contribution in [0.5, 0.6) is 0 Å². The number of piperazine rings is 1. The first-order valence-electron chi connectivity index (χ1n) is 10.8. The molecule has 3 aromatic heterocycles. The monoisotopic (exact) mass is 408 g/mol. The second-order valence-corrected chi connectivity index (χ2v) is 8.33. The molecule has 158 valence electrons. The number of aromatic nitrogens is 6. The van der Waals surface area contributed by atoms with Crippen LogP contribution in [0, 0.1) is 13.8 Å². The van der Waals surface area contributed by atoms with Crippen LogP contribution in [0.3, 0.4) is 0 Å². The predicted molar refractivity (Wildman–Crippen MR) is 114 cm³/mol. The highest BCUT2D eigenvalue weighted by atomic mass is 16.1. The maximum atomic E-state index is 12.4. The van der Waals surface area contributed by atoms with Gasteiger partial charge in [0.15, 0.2) is 0 Å². The number of anilines is 1. The maximum absolute atomic E-state index is 12.4. The fourth-order valence-corrected chi connectivity index (χ4v) is 4.57. The zero-order chi connectivity index (χ0) is 20.7. The van der Waals surface area contributed by atoms with Gasteiger partial charge in [0.1, 0.15) is 12.1 Å². The van der Waals surface area contributed by atoms with E-state index in [1.165, 1.54) is 12.8 Å². The minimum Gasteiger partial charge on any atom is -0.354 e. The molecule has 9 heteroatoms. The molecule has 30 heavy (non-hydrogen) atoms. The molecule has 0 amide bonds. The third kappa shape index (κ3) is 3.47. The molecule has 9 nitrogen and oxygen atoms in total. The number of aryl methyl sites for hydroxylation is 3. The molecule has 0 atom stereocenters. The maximum Gasteiger partial charge on any atom is 0.267 e. The molecule has 0 saturated carbocycles. The molecular formula is C21H28N8O. The molecule has 0 N–H and O–H groups in total. The first-order chi connectivity index (χ1) is 14.6. The van der Waals surface area contributed by atoms with Crippen LogP contribution in [0.15, 0.2) is 17.2 Å². The van der Waals surface area contributed by atoms with Crippen molar-refractivity contribution in [2.45, 2.75) is 46.1 Å². The summed E-state index contributed by atoms with van der Waals surface area (Å²) in [6, 6.07) is 1.80. The van der Waals surface area contributed by atoms with Gasteiger partial charge < -0.3 is 4.90 Å². The summed E-state index contributed by atoms with van der Waals surface area (Å²) in [6.45, 7) is 9.30. The van der Waals surface area contributed by atoms with Crippen LogP contribution >= 0.6 is 0 Å². The summed E-state index contributed by atoms with van der Waals surface area (Å²) in [5, 5.41) is 9.03. The summed E-state index contributed by atoms with van der Waals surface area (Å²) < 4.78 is 3.50. The molecule has 4 heterocycles. The van der Waals surface area contributed by atoms with Crippen LogP contribution < -0.4 is 10.5 Å². The van der Waals surface area contributed by atoms with E-state index in [1.807, 2.05) is 11.4 Å². The second kappa shape index (κ2) is 7.79. The second-order valence-electron chi connectivity index (χ2n) is 8.33. The molecule has 0 spiro atoms. The van der Waals surface area contributed by atoms with E-state index in [1.54, 1.807) is 17.1 Å². The van der Waals surface area contributed by atoms with Crippen molar-refractivity contribution in [1.29, 1.82) is 0 Å². The van der Waals surface area contributed by atoms with Crippen LogP contribution in [0.4, 0.5) is 5.82 Å². The Kier molecular flexibility index (Phi) is 4.98. The highest BCUT2D eigenvalue weighted by Gasteiger charge is 2.23. The molecule has 0 aromatic carbocycles. The fourth-order valence-electron chi connectivity index (χ4n) is 4.57. The van der Waals surface area contributed by atoms with Crippen molar-refractivity contribution in [1.82, 2.24) is 34.3 Å². The molecule has 0 radical (unpaired) electrons. The van der Waals surface area contributed by atoms with E-state index in [-0.39, 0.29) is 5.56 Å². The van der Waals surface area contributed by atoms with E-state index in [0.717, 1.165) is 73.9 Å². The molecular weight excluding hydrogens is 380 g/mol. The molecule has 0 bridgehead atoms. The molecule has 0 unspecified atom stereocenters. The van der Waals surface area contributed by atoms with Crippen molar-refractivity contribution in [2.75, 3.05) is 37.6 Å². The van der Waals surface area contributed by atoms with Crippen LogP contribution in [-0.4, -0.2) is 67.0 Å². The average molecular weight is 409 g/mol. The van der Waals surface area contributed by atoms with E-state index in [2.05, 4.69) is 36.9 Å². The predicted octanol–water partition coefficient (Wildman–Crippen LogP) is 0.999. The Balaban J connectivity index is 1.25. The average Bonchev–Trinajstić information content (AvgIpc) is 3.21. The van der Waals surface area contributed by atoms with E-state index in [9.17, 15) is 4.79 Å². The van der Waals surface area contributed by atoms with Gasteiger partial charge in [0.05, 0.1) is 12.2 Å². The first-order valence-corrected chi connectivity index (χ1v) is 10.8. The Hall–Kier alpha value is -2.81. The lowest BCUT2D eigenvalue weighted by Gasteiger charge is -2.36. The van der Waals surface area contributed by atoms with Gasteiger partial charge in [-0.15, -0.1) is 0 Å². The Morgan fingerprint density at radius 1 is 1.03 bits per heavy atom. The lowest BCUT2D eigenvalue weighted by molar-refractivity contribution is 0.241. The summed E-state index contributed by atoms with van der Waals surface area (Å²) in [7, 11) is 0. The number of rotatable bonds is 4. The molecule has 5 rings (SSSR count). The summed E-state index contributed by atoms with van der Waals surface area (Å²) in [5.74, 6) is 1.73. The summed E-state index contributed by atoms with van der Waals surface area (Å²) in [4.78, 5) is 26.0. The van der Waals surface area contributed by atoms with Crippen LogP contribution in [0.2, 0.25) is 0 Å². The van der Waals surface area contributed by atoms with Gasteiger partial charge in [-0.1, -0.05) is 0 Å². The summed E-state index contributed by atoms with van der Waals surface area (Å²) >= 11 is 0. The van der Waals surface area contributed by atoms with Gasteiger partial charge in [-0.25, -0.2) is 9.67 Å². The third-order valence-electron chi connectivity index (χ3n) is 6.45. The van der Waals surface area contributed by atoms with E-state index in [4.69, 9.17) is 0 Å². The number of nitrogens with zero attached hydrogens (tertiary/aromatic N) is 8. The molecule has 3 aromatic rings. The van der Waals surface area contributed by atoms with Gasteiger partial charge in [-0.2, -0.15) is 19.7 Å². The van der Waals surface area contributed by atoms with Gasteiger partial charge >= 0.3 is 0 Å². The minimum absolute atomic E-state index is 0.0331. The fraction of sp³-hybridized carbons (Fsp3) is 0.571. The van der Waals surface area contributed by atoms with E-state index in [0.29, 0.717) is 12.3 Å². The smallest absolute Gasteiger partial charge is 0.267 e. The van der Waals surface area contributed by atoms with Gasteiger partial charge in [-0.05, 0) is 45.1 Å². The highest BCUT2D eigenvalue weighted by molar-refractivity contribution is 5.54. The third-order valence-corrected chi connectivity index (χ3v) is 6.45. The van der Waals surface area contributed by atoms with Crippen molar-refractivity contribution in [3.8, 4) is 0 Å². The molecule has 2 aliphatic rings. The van der Waals surface area contributed by atoms with Crippen molar-refractivity contribution >= 4 is 11.6 Å². The largest absolute Gasteiger partial charge is 0.354 e. The van der Waals surface area contributed by atoms with Gasteiger partial charge in [0.25, 0.3) is 11.3 Å².